The molecule has 0 aromatic heterocycles. The van der Waals surface area contributed by atoms with Crippen molar-refractivity contribution in [2.45, 2.75) is 12.1 Å². The van der Waals surface area contributed by atoms with E-state index in [1.165, 1.54) is 5.41 Å². The van der Waals surface area contributed by atoms with Crippen LogP contribution >= 0.6 is 23.2 Å². The van der Waals surface area contributed by atoms with Crippen LogP contribution in [0.15, 0.2) is 29.7 Å². The monoisotopic (exact) mass is 351 g/mol. The summed E-state index contributed by atoms with van der Waals surface area (Å²) in [4.78, 5) is 0. The van der Waals surface area contributed by atoms with Gasteiger partial charge in [0.05, 0.1) is 10.8 Å². The minimum Gasteiger partial charge on any atom is -0.489 e. The molecule has 0 bridgehead atoms. The average molecular weight is 352 g/mol. The van der Waals surface area contributed by atoms with Gasteiger partial charge in [0.1, 0.15) is 18.5 Å². The fourth-order valence-corrected chi connectivity index (χ4v) is 3.56. The van der Waals surface area contributed by atoms with Crippen LogP contribution in [0.25, 0.3) is 0 Å². The normalized spacial score (nSPS) is 21.4. The Labute approximate surface area is 133 Å². The van der Waals surface area contributed by atoms with Crippen molar-refractivity contribution in [3.8, 4) is 5.75 Å². The molecule has 21 heavy (non-hydrogen) atoms. The van der Waals surface area contributed by atoms with E-state index in [0.29, 0.717) is 15.8 Å². The second-order valence-corrected chi connectivity index (χ2v) is 7.49. The number of nitrogens with one attached hydrogen (secondary N) is 1. The van der Waals surface area contributed by atoms with Gasteiger partial charge < -0.3 is 15.2 Å². The number of ether oxygens (including phenoxy) is 1. The number of rotatable bonds is 6. The van der Waals surface area contributed by atoms with Crippen molar-refractivity contribution in [3.05, 3.63) is 39.7 Å². The van der Waals surface area contributed by atoms with E-state index in [1.807, 2.05) is 0 Å². The third-order valence-corrected chi connectivity index (χ3v) is 4.80. The summed E-state index contributed by atoms with van der Waals surface area (Å²) >= 11 is 11.7. The van der Waals surface area contributed by atoms with Crippen molar-refractivity contribution < 1.29 is 18.3 Å². The van der Waals surface area contributed by atoms with E-state index in [2.05, 4.69) is 5.32 Å². The first-order valence-corrected chi connectivity index (χ1v) is 8.73. The molecular weight excluding hydrogens is 337 g/mol. The Bertz CT molecular complexity index is 633. The highest BCUT2D eigenvalue weighted by Gasteiger charge is 2.21. The largest absolute Gasteiger partial charge is 0.489 e. The van der Waals surface area contributed by atoms with Gasteiger partial charge in [-0.05, 0) is 18.2 Å². The van der Waals surface area contributed by atoms with Crippen LogP contribution in [0.4, 0.5) is 0 Å². The van der Waals surface area contributed by atoms with Crippen LogP contribution in [0.2, 0.25) is 10.0 Å². The molecule has 2 unspecified atom stereocenters. The minimum absolute atomic E-state index is 0.0175. The lowest BCUT2D eigenvalue weighted by Gasteiger charge is -2.16. The predicted molar refractivity (Wildman–Crippen MR) is 82.7 cm³/mol. The van der Waals surface area contributed by atoms with E-state index in [0.717, 1.165) is 0 Å². The van der Waals surface area contributed by atoms with Crippen molar-refractivity contribution in [1.82, 2.24) is 5.32 Å². The minimum atomic E-state index is -3.09. The number of aliphatic hydroxyl groups is 1. The molecule has 2 atom stereocenters. The zero-order valence-electron chi connectivity index (χ0n) is 11.0. The molecule has 0 radical (unpaired) electrons. The molecule has 1 aromatic rings. The van der Waals surface area contributed by atoms with Crippen LogP contribution in [-0.2, 0) is 9.84 Å². The number of aliphatic hydroxyl groups excluding tert-OH is 1. The molecule has 0 saturated heterocycles. The van der Waals surface area contributed by atoms with Crippen molar-refractivity contribution in [2.75, 3.05) is 18.9 Å². The van der Waals surface area contributed by atoms with Crippen LogP contribution in [0.3, 0.4) is 0 Å². The topological polar surface area (TPSA) is 75.6 Å². The maximum absolute atomic E-state index is 11.2. The molecule has 1 aliphatic rings. The molecule has 5 nitrogen and oxygen atoms in total. The lowest BCUT2D eigenvalue weighted by atomic mass is 10.3. The van der Waals surface area contributed by atoms with Crippen LogP contribution < -0.4 is 10.1 Å². The molecular formula is C13H15Cl2NO4S. The quantitative estimate of drug-likeness (QED) is 0.814. The van der Waals surface area contributed by atoms with Crippen LogP contribution in [0, 0.1) is 0 Å². The molecule has 0 saturated carbocycles. The summed E-state index contributed by atoms with van der Waals surface area (Å²) in [7, 11) is -3.09. The summed E-state index contributed by atoms with van der Waals surface area (Å²) in [6.45, 7) is 0.257. The predicted octanol–water partition coefficient (Wildman–Crippen LogP) is 1.63. The highest BCUT2D eigenvalue weighted by atomic mass is 35.5. The smallest absolute Gasteiger partial charge is 0.173 e. The third-order valence-electron chi connectivity index (χ3n) is 2.87. The fourth-order valence-electron chi connectivity index (χ4n) is 1.83. The zero-order valence-corrected chi connectivity index (χ0v) is 13.3. The van der Waals surface area contributed by atoms with Crippen molar-refractivity contribution in [1.29, 1.82) is 0 Å². The SMILES string of the molecule is O=S1(=O)C=CC(NCC(O)COc2ccc(Cl)cc2Cl)C1. The summed E-state index contributed by atoms with van der Waals surface area (Å²) in [5.41, 5.74) is 0. The van der Waals surface area contributed by atoms with Gasteiger partial charge in [-0.2, -0.15) is 0 Å². The van der Waals surface area contributed by atoms with Gasteiger partial charge in [-0.25, -0.2) is 8.42 Å². The van der Waals surface area contributed by atoms with E-state index < -0.39 is 15.9 Å². The van der Waals surface area contributed by atoms with Crippen LogP contribution in [0.5, 0.6) is 5.75 Å². The molecule has 0 amide bonds. The molecule has 2 N–H and O–H groups in total. The van der Waals surface area contributed by atoms with Gasteiger partial charge in [0.15, 0.2) is 9.84 Å². The lowest BCUT2D eigenvalue weighted by Crippen LogP contribution is -2.38. The Morgan fingerprint density at radius 3 is 2.81 bits per heavy atom. The molecule has 116 valence electrons. The number of benzene rings is 1. The van der Waals surface area contributed by atoms with E-state index in [4.69, 9.17) is 27.9 Å². The van der Waals surface area contributed by atoms with Crippen molar-refractivity contribution in [3.63, 3.8) is 0 Å². The summed E-state index contributed by atoms with van der Waals surface area (Å²) in [6.07, 6.45) is 0.785. The Hall–Kier alpha value is -0.790. The maximum atomic E-state index is 11.2. The molecule has 8 heteroatoms. The number of hydrogen-bond acceptors (Lipinski definition) is 5. The van der Waals surface area contributed by atoms with E-state index in [1.54, 1.807) is 24.3 Å². The molecule has 1 aromatic carbocycles. The Morgan fingerprint density at radius 1 is 1.43 bits per heavy atom. The number of hydrogen-bond donors (Lipinski definition) is 2. The van der Waals surface area contributed by atoms with Gasteiger partial charge in [-0.15, -0.1) is 0 Å². The molecule has 2 rings (SSSR count). The van der Waals surface area contributed by atoms with E-state index >= 15 is 0 Å². The Kier molecular flexibility index (Phi) is 5.51. The molecule has 0 fully saturated rings. The third kappa shape index (κ3) is 5.16. The van der Waals surface area contributed by atoms with Crippen molar-refractivity contribution in [2.24, 2.45) is 0 Å². The van der Waals surface area contributed by atoms with Crippen molar-refractivity contribution >= 4 is 33.0 Å². The maximum Gasteiger partial charge on any atom is 0.173 e. The average Bonchev–Trinajstić information content (AvgIpc) is 2.75. The first-order chi connectivity index (χ1) is 9.85. The molecule has 0 spiro atoms. The lowest BCUT2D eigenvalue weighted by molar-refractivity contribution is 0.105. The standard InChI is InChI=1S/C13H15Cl2NO4S/c14-9-1-2-13(12(15)5-9)20-7-11(17)6-16-10-3-4-21(18,19)8-10/h1-5,10-11,16-17H,6-8H2. The number of halogens is 2. The fraction of sp³-hybridized carbons (Fsp3) is 0.385. The van der Waals surface area contributed by atoms with E-state index in [9.17, 15) is 13.5 Å². The van der Waals surface area contributed by atoms with Gasteiger partial charge in [-0.1, -0.05) is 29.3 Å². The summed E-state index contributed by atoms with van der Waals surface area (Å²) in [6, 6.07) is 4.54. The Morgan fingerprint density at radius 2 is 2.19 bits per heavy atom. The van der Waals surface area contributed by atoms with E-state index in [-0.39, 0.29) is 24.9 Å². The van der Waals surface area contributed by atoms with Crippen LogP contribution in [0.1, 0.15) is 0 Å². The van der Waals surface area contributed by atoms with Gasteiger partial charge >= 0.3 is 0 Å². The van der Waals surface area contributed by atoms with Gasteiger partial charge in [0.2, 0.25) is 0 Å². The first kappa shape index (κ1) is 16.6. The van der Waals surface area contributed by atoms with Gasteiger partial charge in [0.25, 0.3) is 0 Å². The second kappa shape index (κ2) is 6.98. The summed E-state index contributed by atoms with van der Waals surface area (Å²) in [5.74, 6) is 0.451. The zero-order chi connectivity index (χ0) is 15.5. The molecule has 1 heterocycles. The highest BCUT2D eigenvalue weighted by Crippen LogP contribution is 2.27. The van der Waals surface area contributed by atoms with Crippen LogP contribution in [-0.4, -0.2) is 44.6 Å². The first-order valence-electron chi connectivity index (χ1n) is 6.26. The molecule has 1 aliphatic heterocycles. The highest BCUT2D eigenvalue weighted by molar-refractivity contribution is 7.94. The second-order valence-electron chi connectivity index (χ2n) is 4.71. The van der Waals surface area contributed by atoms with Gasteiger partial charge in [-0.3, -0.25) is 0 Å². The Balaban J connectivity index is 1.75. The summed E-state index contributed by atoms with van der Waals surface area (Å²) < 4.78 is 27.8. The molecule has 0 aliphatic carbocycles. The number of sulfone groups is 1. The van der Waals surface area contributed by atoms with Gasteiger partial charge in [0, 0.05) is 23.0 Å². The summed E-state index contributed by atoms with van der Waals surface area (Å²) in [5, 5.41) is 14.8.